The molecule has 0 radical (unpaired) electrons. The molecule has 1 aromatic carbocycles. The van der Waals surface area contributed by atoms with Crippen LogP contribution in [0.4, 0.5) is 0 Å². The summed E-state index contributed by atoms with van der Waals surface area (Å²) in [4.78, 5) is 4.30. The third-order valence-electron chi connectivity index (χ3n) is 2.57. The van der Waals surface area contributed by atoms with E-state index in [9.17, 15) is 0 Å². The number of hydrogen-bond donors (Lipinski definition) is 0. The van der Waals surface area contributed by atoms with Crippen LogP contribution in [0.15, 0.2) is 54.9 Å². The van der Waals surface area contributed by atoms with Gasteiger partial charge >= 0.3 is 0 Å². The SMILES string of the molecule is Clc1cccnc1-n1ccc2ccccc21. The van der Waals surface area contributed by atoms with Gasteiger partial charge in [-0.05, 0) is 29.7 Å². The second kappa shape index (κ2) is 3.65. The number of aromatic nitrogens is 2. The fourth-order valence-corrected chi connectivity index (χ4v) is 2.03. The lowest BCUT2D eigenvalue weighted by Crippen LogP contribution is -1.95. The number of rotatable bonds is 1. The topological polar surface area (TPSA) is 17.8 Å². The van der Waals surface area contributed by atoms with Crippen LogP contribution in [0.3, 0.4) is 0 Å². The summed E-state index contributed by atoms with van der Waals surface area (Å²) in [5.41, 5.74) is 1.11. The minimum Gasteiger partial charge on any atom is -0.300 e. The van der Waals surface area contributed by atoms with E-state index in [0.29, 0.717) is 5.02 Å². The van der Waals surface area contributed by atoms with Crippen LogP contribution in [0, 0.1) is 0 Å². The van der Waals surface area contributed by atoms with Gasteiger partial charge in [-0.15, -0.1) is 0 Å². The maximum atomic E-state index is 6.13. The first-order valence-corrected chi connectivity index (χ1v) is 5.41. The average Bonchev–Trinajstić information content (AvgIpc) is 2.74. The summed E-state index contributed by atoms with van der Waals surface area (Å²) >= 11 is 6.13. The molecule has 0 N–H and O–H groups in total. The smallest absolute Gasteiger partial charge is 0.155 e. The first-order valence-electron chi connectivity index (χ1n) is 5.03. The number of pyridine rings is 1. The normalized spacial score (nSPS) is 10.8. The molecule has 2 heterocycles. The first-order chi connectivity index (χ1) is 7.86. The van der Waals surface area contributed by atoms with Gasteiger partial charge in [0.15, 0.2) is 5.82 Å². The summed E-state index contributed by atoms with van der Waals surface area (Å²) in [5.74, 6) is 0.769. The fourth-order valence-electron chi connectivity index (χ4n) is 1.82. The molecular formula is C13H9ClN2. The highest BCUT2D eigenvalue weighted by molar-refractivity contribution is 6.32. The Hall–Kier alpha value is -1.80. The molecule has 3 heteroatoms. The zero-order valence-corrected chi connectivity index (χ0v) is 9.22. The monoisotopic (exact) mass is 228 g/mol. The molecule has 0 fully saturated rings. The van der Waals surface area contributed by atoms with E-state index in [-0.39, 0.29) is 0 Å². The van der Waals surface area contributed by atoms with E-state index in [4.69, 9.17) is 11.6 Å². The summed E-state index contributed by atoms with van der Waals surface area (Å²) in [6, 6.07) is 13.9. The lowest BCUT2D eigenvalue weighted by Gasteiger charge is -2.05. The molecular weight excluding hydrogens is 220 g/mol. The molecule has 16 heavy (non-hydrogen) atoms. The molecule has 0 amide bonds. The summed E-state index contributed by atoms with van der Waals surface area (Å²) in [6.45, 7) is 0. The van der Waals surface area contributed by atoms with Gasteiger partial charge in [0.2, 0.25) is 0 Å². The highest BCUT2D eigenvalue weighted by atomic mass is 35.5. The van der Waals surface area contributed by atoms with Gasteiger partial charge in [-0.2, -0.15) is 0 Å². The van der Waals surface area contributed by atoms with E-state index in [0.717, 1.165) is 11.3 Å². The number of fused-ring (bicyclic) bond motifs is 1. The molecule has 3 rings (SSSR count). The Kier molecular flexibility index (Phi) is 2.15. The predicted octanol–water partition coefficient (Wildman–Crippen LogP) is 3.68. The summed E-state index contributed by atoms with van der Waals surface area (Å²) in [7, 11) is 0. The van der Waals surface area contributed by atoms with E-state index >= 15 is 0 Å². The van der Waals surface area contributed by atoms with Crippen molar-refractivity contribution in [2.45, 2.75) is 0 Å². The quantitative estimate of drug-likeness (QED) is 0.621. The fraction of sp³-hybridized carbons (Fsp3) is 0. The van der Waals surface area contributed by atoms with Crippen molar-refractivity contribution in [2.24, 2.45) is 0 Å². The van der Waals surface area contributed by atoms with Crippen molar-refractivity contribution in [1.82, 2.24) is 9.55 Å². The number of halogens is 1. The van der Waals surface area contributed by atoms with E-state index in [1.807, 2.05) is 35.0 Å². The third kappa shape index (κ3) is 1.39. The molecule has 0 atom stereocenters. The molecule has 0 bridgehead atoms. The van der Waals surface area contributed by atoms with Crippen molar-refractivity contribution in [1.29, 1.82) is 0 Å². The Bertz CT molecular complexity index is 643. The van der Waals surface area contributed by atoms with Crippen LogP contribution in [0.25, 0.3) is 16.7 Å². The lowest BCUT2D eigenvalue weighted by atomic mass is 10.2. The second-order valence-corrected chi connectivity index (χ2v) is 3.96. The predicted molar refractivity (Wildman–Crippen MR) is 66.1 cm³/mol. The van der Waals surface area contributed by atoms with Gasteiger partial charge in [-0.25, -0.2) is 4.98 Å². The standard InChI is InChI=1S/C13H9ClN2/c14-11-5-3-8-15-13(11)16-9-7-10-4-1-2-6-12(10)16/h1-9H. The molecule has 0 saturated carbocycles. The Balaban J connectivity index is 2.31. The molecule has 0 aliphatic rings. The molecule has 3 aromatic rings. The van der Waals surface area contributed by atoms with Crippen LogP contribution >= 0.6 is 11.6 Å². The summed E-state index contributed by atoms with van der Waals surface area (Å²) < 4.78 is 2.00. The molecule has 0 aliphatic heterocycles. The molecule has 78 valence electrons. The summed E-state index contributed by atoms with van der Waals surface area (Å²) in [5, 5.41) is 1.84. The van der Waals surface area contributed by atoms with Gasteiger partial charge in [-0.3, -0.25) is 4.57 Å². The molecule has 0 unspecified atom stereocenters. The van der Waals surface area contributed by atoms with Crippen molar-refractivity contribution in [3.05, 3.63) is 59.9 Å². The van der Waals surface area contributed by atoms with E-state index in [2.05, 4.69) is 23.2 Å². The van der Waals surface area contributed by atoms with Gasteiger partial charge in [0.1, 0.15) is 0 Å². The van der Waals surface area contributed by atoms with Crippen LogP contribution in [0.2, 0.25) is 5.02 Å². The summed E-state index contributed by atoms with van der Waals surface area (Å²) in [6.07, 6.45) is 3.73. The zero-order chi connectivity index (χ0) is 11.0. The molecule has 0 saturated heterocycles. The van der Waals surface area contributed by atoms with Gasteiger partial charge in [0.25, 0.3) is 0 Å². The molecule has 2 nitrogen and oxygen atoms in total. The van der Waals surface area contributed by atoms with Crippen LogP contribution in [0.1, 0.15) is 0 Å². The Morgan fingerprint density at radius 1 is 1.00 bits per heavy atom. The third-order valence-corrected chi connectivity index (χ3v) is 2.86. The van der Waals surface area contributed by atoms with E-state index in [1.54, 1.807) is 6.20 Å². The molecule has 2 aromatic heterocycles. The lowest BCUT2D eigenvalue weighted by molar-refractivity contribution is 1.04. The van der Waals surface area contributed by atoms with Crippen molar-refractivity contribution in [2.75, 3.05) is 0 Å². The highest BCUT2D eigenvalue weighted by Gasteiger charge is 2.06. The number of para-hydroxylation sites is 1. The Morgan fingerprint density at radius 3 is 2.75 bits per heavy atom. The minimum atomic E-state index is 0.656. The van der Waals surface area contributed by atoms with E-state index in [1.165, 1.54) is 5.39 Å². The zero-order valence-electron chi connectivity index (χ0n) is 8.47. The first kappa shape index (κ1) is 9.43. The van der Waals surface area contributed by atoms with Crippen molar-refractivity contribution in [3.63, 3.8) is 0 Å². The van der Waals surface area contributed by atoms with Crippen LogP contribution in [0.5, 0.6) is 0 Å². The second-order valence-electron chi connectivity index (χ2n) is 3.55. The van der Waals surface area contributed by atoms with Crippen LogP contribution in [-0.2, 0) is 0 Å². The van der Waals surface area contributed by atoms with Gasteiger partial charge < -0.3 is 0 Å². The maximum Gasteiger partial charge on any atom is 0.155 e. The number of nitrogens with zero attached hydrogens (tertiary/aromatic N) is 2. The minimum absolute atomic E-state index is 0.656. The van der Waals surface area contributed by atoms with Crippen LogP contribution in [-0.4, -0.2) is 9.55 Å². The van der Waals surface area contributed by atoms with Gasteiger partial charge in [0, 0.05) is 12.4 Å². The Morgan fingerprint density at radius 2 is 1.88 bits per heavy atom. The van der Waals surface area contributed by atoms with Crippen molar-refractivity contribution in [3.8, 4) is 5.82 Å². The van der Waals surface area contributed by atoms with Gasteiger partial charge in [0.05, 0.1) is 10.5 Å². The van der Waals surface area contributed by atoms with Gasteiger partial charge in [-0.1, -0.05) is 29.8 Å². The molecule has 0 spiro atoms. The Labute approximate surface area is 98.1 Å². The molecule has 0 aliphatic carbocycles. The average molecular weight is 229 g/mol. The largest absolute Gasteiger partial charge is 0.300 e. The number of benzene rings is 1. The maximum absolute atomic E-state index is 6.13. The van der Waals surface area contributed by atoms with E-state index < -0.39 is 0 Å². The van der Waals surface area contributed by atoms with Crippen LogP contribution < -0.4 is 0 Å². The highest BCUT2D eigenvalue weighted by Crippen LogP contribution is 2.23. The van der Waals surface area contributed by atoms with Crippen molar-refractivity contribution >= 4 is 22.5 Å². The number of hydrogen-bond acceptors (Lipinski definition) is 1. The van der Waals surface area contributed by atoms with Crippen molar-refractivity contribution < 1.29 is 0 Å².